The van der Waals surface area contributed by atoms with Crippen molar-refractivity contribution < 1.29 is 19.2 Å². The standard InChI is InChI=1S/C16H19N3O4S/c20-13(17-11-7-6-10(9-11)16(21)22)4-1-5-14-18-15(19-23-14)12-3-2-8-24-12/h2-3,8,10-11H,1,4-7,9H2,(H,17,20)(H,21,22)/t10-,11+/m0/s1. The zero-order chi connectivity index (χ0) is 16.9. The third kappa shape index (κ3) is 4.19. The number of nitrogens with zero attached hydrogens (tertiary/aromatic N) is 2. The van der Waals surface area contributed by atoms with Crippen molar-refractivity contribution in [1.82, 2.24) is 15.5 Å². The fraction of sp³-hybridized carbons (Fsp3) is 0.500. The van der Waals surface area contributed by atoms with Gasteiger partial charge in [-0.1, -0.05) is 11.2 Å². The van der Waals surface area contributed by atoms with Crippen LogP contribution in [-0.4, -0.2) is 33.2 Å². The summed E-state index contributed by atoms with van der Waals surface area (Å²) >= 11 is 1.55. The lowest BCUT2D eigenvalue weighted by molar-refractivity contribution is -0.141. The largest absolute Gasteiger partial charge is 0.481 e. The van der Waals surface area contributed by atoms with Crippen LogP contribution >= 0.6 is 11.3 Å². The molecule has 2 heterocycles. The van der Waals surface area contributed by atoms with Crippen molar-refractivity contribution in [2.24, 2.45) is 5.92 Å². The molecule has 0 saturated heterocycles. The average molecular weight is 349 g/mol. The monoisotopic (exact) mass is 349 g/mol. The number of aliphatic carboxylic acids is 1. The SMILES string of the molecule is O=C(CCCc1nc(-c2cccs2)no1)N[C@@H]1CC[C@H](C(=O)O)C1. The van der Waals surface area contributed by atoms with Crippen LogP contribution in [0.5, 0.6) is 0 Å². The molecule has 0 bridgehead atoms. The van der Waals surface area contributed by atoms with Crippen molar-refractivity contribution in [1.29, 1.82) is 0 Å². The van der Waals surface area contributed by atoms with Gasteiger partial charge >= 0.3 is 5.97 Å². The van der Waals surface area contributed by atoms with E-state index in [1.54, 1.807) is 11.3 Å². The van der Waals surface area contributed by atoms with E-state index in [4.69, 9.17) is 9.63 Å². The zero-order valence-corrected chi connectivity index (χ0v) is 13.9. The van der Waals surface area contributed by atoms with Crippen molar-refractivity contribution in [2.45, 2.75) is 44.6 Å². The van der Waals surface area contributed by atoms with Gasteiger partial charge in [-0.25, -0.2) is 0 Å². The predicted molar refractivity (Wildman–Crippen MR) is 87.5 cm³/mol. The highest BCUT2D eigenvalue weighted by Gasteiger charge is 2.30. The topological polar surface area (TPSA) is 105 Å². The van der Waals surface area contributed by atoms with E-state index in [0.29, 0.717) is 43.8 Å². The highest BCUT2D eigenvalue weighted by Crippen LogP contribution is 2.26. The number of aromatic nitrogens is 2. The van der Waals surface area contributed by atoms with Gasteiger partial charge in [0.15, 0.2) is 0 Å². The number of nitrogens with one attached hydrogen (secondary N) is 1. The van der Waals surface area contributed by atoms with E-state index in [0.717, 1.165) is 11.3 Å². The summed E-state index contributed by atoms with van der Waals surface area (Å²) in [6.45, 7) is 0. The summed E-state index contributed by atoms with van der Waals surface area (Å²) in [6.07, 6.45) is 3.42. The number of thiophene rings is 1. The molecule has 24 heavy (non-hydrogen) atoms. The van der Waals surface area contributed by atoms with Gasteiger partial charge in [0, 0.05) is 18.9 Å². The lowest BCUT2D eigenvalue weighted by Gasteiger charge is -2.11. The van der Waals surface area contributed by atoms with Gasteiger partial charge in [-0.2, -0.15) is 4.98 Å². The number of carbonyl (C=O) groups excluding carboxylic acids is 1. The molecule has 7 nitrogen and oxygen atoms in total. The predicted octanol–water partition coefficient (Wildman–Crippen LogP) is 2.49. The minimum atomic E-state index is -0.773. The first-order chi connectivity index (χ1) is 11.6. The number of carbonyl (C=O) groups is 2. The molecule has 0 aromatic carbocycles. The van der Waals surface area contributed by atoms with Crippen molar-refractivity contribution in [2.75, 3.05) is 0 Å². The van der Waals surface area contributed by atoms with Crippen LogP contribution in [0, 0.1) is 5.92 Å². The zero-order valence-electron chi connectivity index (χ0n) is 13.1. The Morgan fingerprint density at radius 1 is 1.42 bits per heavy atom. The summed E-state index contributed by atoms with van der Waals surface area (Å²) in [5.74, 6) is -0.0498. The van der Waals surface area contributed by atoms with Crippen LogP contribution in [0.25, 0.3) is 10.7 Å². The maximum atomic E-state index is 11.9. The lowest BCUT2D eigenvalue weighted by atomic mass is 10.1. The van der Waals surface area contributed by atoms with Gasteiger partial charge in [-0.3, -0.25) is 9.59 Å². The molecule has 128 valence electrons. The first kappa shape index (κ1) is 16.6. The maximum Gasteiger partial charge on any atom is 0.306 e. The Labute approximate surface area is 143 Å². The first-order valence-electron chi connectivity index (χ1n) is 8.00. The maximum absolute atomic E-state index is 11.9. The number of carboxylic acids is 1. The van der Waals surface area contributed by atoms with E-state index in [1.807, 2.05) is 17.5 Å². The Morgan fingerprint density at radius 3 is 3.00 bits per heavy atom. The van der Waals surface area contributed by atoms with E-state index in [2.05, 4.69) is 15.5 Å². The molecule has 0 radical (unpaired) electrons. The van der Waals surface area contributed by atoms with Gasteiger partial charge < -0.3 is 14.9 Å². The molecule has 0 aliphatic heterocycles. The second-order valence-corrected chi connectivity index (χ2v) is 6.90. The van der Waals surface area contributed by atoms with Crippen molar-refractivity contribution >= 4 is 23.2 Å². The number of hydrogen-bond acceptors (Lipinski definition) is 6. The molecule has 1 saturated carbocycles. The van der Waals surface area contributed by atoms with Gasteiger partial charge in [-0.05, 0) is 37.1 Å². The molecule has 2 aromatic heterocycles. The van der Waals surface area contributed by atoms with Crippen LogP contribution in [-0.2, 0) is 16.0 Å². The van der Waals surface area contributed by atoms with Crippen LogP contribution in [0.15, 0.2) is 22.0 Å². The normalized spacial score (nSPS) is 20.2. The van der Waals surface area contributed by atoms with Crippen LogP contribution in [0.4, 0.5) is 0 Å². The molecule has 3 rings (SSSR count). The number of rotatable bonds is 7. The van der Waals surface area contributed by atoms with Crippen LogP contribution < -0.4 is 5.32 Å². The van der Waals surface area contributed by atoms with Crippen molar-refractivity contribution in [3.8, 4) is 10.7 Å². The molecular formula is C16H19N3O4S. The van der Waals surface area contributed by atoms with Gasteiger partial charge in [0.25, 0.3) is 0 Å². The van der Waals surface area contributed by atoms with Crippen LogP contribution in [0.3, 0.4) is 0 Å². The molecule has 1 fully saturated rings. The molecule has 0 spiro atoms. The molecule has 1 aliphatic carbocycles. The second kappa shape index (κ2) is 7.57. The summed E-state index contributed by atoms with van der Waals surface area (Å²) in [4.78, 5) is 28.1. The molecule has 2 atom stereocenters. The fourth-order valence-corrected chi connectivity index (χ4v) is 3.55. The van der Waals surface area contributed by atoms with E-state index < -0.39 is 5.97 Å². The quantitative estimate of drug-likeness (QED) is 0.795. The summed E-state index contributed by atoms with van der Waals surface area (Å²) in [6, 6.07) is 3.84. The molecule has 0 unspecified atom stereocenters. The molecule has 1 aliphatic rings. The first-order valence-corrected chi connectivity index (χ1v) is 8.88. The minimum absolute atomic E-state index is 0.0209. The summed E-state index contributed by atoms with van der Waals surface area (Å²) < 4.78 is 5.19. The van der Waals surface area contributed by atoms with Gasteiger partial charge in [-0.15, -0.1) is 11.3 Å². The molecular weight excluding hydrogens is 330 g/mol. The second-order valence-electron chi connectivity index (χ2n) is 5.96. The molecule has 1 amide bonds. The Bertz CT molecular complexity index is 698. The van der Waals surface area contributed by atoms with Crippen molar-refractivity contribution in [3.63, 3.8) is 0 Å². The lowest BCUT2D eigenvalue weighted by Crippen LogP contribution is -2.33. The van der Waals surface area contributed by atoms with E-state index in [-0.39, 0.29) is 17.9 Å². The van der Waals surface area contributed by atoms with Crippen LogP contribution in [0.1, 0.15) is 38.0 Å². The molecule has 2 aromatic rings. The Balaban J connectivity index is 1.39. The number of hydrogen-bond donors (Lipinski definition) is 2. The van der Waals surface area contributed by atoms with Crippen molar-refractivity contribution in [3.05, 3.63) is 23.4 Å². The summed E-state index contributed by atoms with van der Waals surface area (Å²) in [5, 5.41) is 17.8. The van der Waals surface area contributed by atoms with Crippen LogP contribution in [0.2, 0.25) is 0 Å². The number of aryl methyl sites for hydroxylation is 1. The van der Waals surface area contributed by atoms with Gasteiger partial charge in [0.05, 0.1) is 10.8 Å². The third-order valence-electron chi connectivity index (χ3n) is 4.15. The van der Waals surface area contributed by atoms with E-state index in [1.165, 1.54) is 0 Å². The van der Waals surface area contributed by atoms with Gasteiger partial charge in [0.1, 0.15) is 0 Å². The third-order valence-corrected chi connectivity index (χ3v) is 5.02. The highest BCUT2D eigenvalue weighted by molar-refractivity contribution is 7.13. The Kier molecular flexibility index (Phi) is 5.24. The highest BCUT2D eigenvalue weighted by atomic mass is 32.1. The number of carboxylic acid groups (broad SMARTS) is 1. The Morgan fingerprint density at radius 2 is 2.29 bits per heavy atom. The van der Waals surface area contributed by atoms with E-state index >= 15 is 0 Å². The fourth-order valence-electron chi connectivity index (χ4n) is 2.90. The minimum Gasteiger partial charge on any atom is -0.481 e. The van der Waals surface area contributed by atoms with E-state index in [9.17, 15) is 9.59 Å². The average Bonchev–Trinajstić information content (AvgIpc) is 3.28. The smallest absolute Gasteiger partial charge is 0.306 e. The molecule has 2 N–H and O–H groups in total. The number of amides is 1. The van der Waals surface area contributed by atoms with Gasteiger partial charge in [0.2, 0.25) is 17.6 Å². The Hall–Kier alpha value is -2.22. The molecule has 8 heteroatoms. The summed E-state index contributed by atoms with van der Waals surface area (Å²) in [5.41, 5.74) is 0. The summed E-state index contributed by atoms with van der Waals surface area (Å²) in [7, 11) is 0.